The maximum absolute atomic E-state index is 11.4. The van der Waals surface area contributed by atoms with Gasteiger partial charge in [0.05, 0.1) is 4.92 Å². The second kappa shape index (κ2) is 9.59. The summed E-state index contributed by atoms with van der Waals surface area (Å²) in [4.78, 5) is 15.7. The Morgan fingerprint density at radius 3 is 2.00 bits per heavy atom. The lowest BCUT2D eigenvalue weighted by Gasteiger charge is -2.35. The molecule has 0 amide bonds. The van der Waals surface area contributed by atoms with Crippen molar-refractivity contribution in [2.24, 2.45) is 0 Å². The quantitative estimate of drug-likeness (QED) is 0.398. The van der Waals surface area contributed by atoms with Crippen LogP contribution in [0.1, 0.15) is 28.7 Å². The number of hydrogen-bond donors (Lipinski definition) is 0. The Balaban J connectivity index is 1.27. The Morgan fingerprint density at radius 1 is 0.788 bits per heavy atom. The SMILES string of the molecule is O=[N+]([O-])c1ccccc1N1CCN(CCC=C2c3ccccc3CCc3ccccc32)CC1. The lowest BCUT2D eigenvalue weighted by molar-refractivity contribution is -0.384. The fourth-order valence-electron chi connectivity index (χ4n) is 5.13. The van der Waals surface area contributed by atoms with Crippen molar-refractivity contribution in [1.82, 2.24) is 4.90 Å². The maximum atomic E-state index is 11.4. The van der Waals surface area contributed by atoms with E-state index in [9.17, 15) is 10.1 Å². The van der Waals surface area contributed by atoms with Gasteiger partial charge in [-0.15, -0.1) is 0 Å². The largest absolute Gasteiger partial charge is 0.363 e. The second-order valence-electron chi connectivity index (χ2n) is 8.80. The molecular weight excluding hydrogens is 410 g/mol. The van der Waals surface area contributed by atoms with Gasteiger partial charge in [0.15, 0.2) is 0 Å². The van der Waals surface area contributed by atoms with Crippen molar-refractivity contribution < 1.29 is 4.92 Å². The molecule has 1 heterocycles. The number of aryl methyl sites for hydroxylation is 2. The topological polar surface area (TPSA) is 49.6 Å². The zero-order valence-electron chi connectivity index (χ0n) is 18.8. The van der Waals surface area contributed by atoms with Gasteiger partial charge >= 0.3 is 0 Å². The smallest absolute Gasteiger partial charge is 0.292 e. The van der Waals surface area contributed by atoms with E-state index in [1.165, 1.54) is 27.8 Å². The van der Waals surface area contributed by atoms with E-state index in [-0.39, 0.29) is 10.6 Å². The molecule has 0 spiro atoms. The van der Waals surface area contributed by atoms with E-state index in [4.69, 9.17) is 0 Å². The van der Waals surface area contributed by atoms with Gasteiger partial charge in [-0.05, 0) is 53.2 Å². The summed E-state index contributed by atoms with van der Waals surface area (Å²) in [5, 5.41) is 11.4. The number of nitro benzene ring substituents is 1. The standard InChI is InChI=1S/C28H29N3O2/c32-31(33)28-14-6-5-13-27(28)30-20-18-29(19-21-30)17-7-12-26-24-10-3-1-8-22(24)15-16-23-9-2-4-11-25(23)26/h1-6,8-14H,7,15-21H2. The summed E-state index contributed by atoms with van der Waals surface area (Å²) in [6.07, 6.45) is 5.57. The van der Waals surface area contributed by atoms with Crippen molar-refractivity contribution in [1.29, 1.82) is 0 Å². The molecule has 1 fully saturated rings. The molecule has 2 aliphatic rings. The molecule has 5 heteroatoms. The zero-order valence-corrected chi connectivity index (χ0v) is 18.8. The van der Waals surface area contributed by atoms with Crippen LogP contribution in [0, 0.1) is 10.1 Å². The van der Waals surface area contributed by atoms with Gasteiger partial charge in [0, 0.05) is 38.8 Å². The van der Waals surface area contributed by atoms with E-state index in [1.54, 1.807) is 12.1 Å². The van der Waals surface area contributed by atoms with E-state index < -0.39 is 0 Å². The average molecular weight is 440 g/mol. The molecule has 1 saturated heterocycles. The van der Waals surface area contributed by atoms with E-state index in [1.807, 2.05) is 12.1 Å². The molecule has 3 aromatic carbocycles. The van der Waals surface area contributed by atoms with Gasteiger partial charge in [-0.25, -0.2) is 0 Å². The average Bonchev–Trinajstić information content (AvgIpc) is 3.02. The van der Waals surface area contributed by atoms with E-state index in [0.717, 1.165) is 57.7 Å². The van der Waals surface area contributed by atoms with Crippen molar-refractivity contribution in [2.45, 2.75) is 19.3 Å². The van der Waals surface area contributed by atoms with E-state index in [2.05, 4.69) is 64.4 Å². The highest BCUT2D eigenvalue weighted by Gasteiger charge is 2.23. The molecule has 168 valence electrons. The molecule has 0 N–H and O–H groups in total. The molecule has 1 aliphatic carbocycles. The Labute approximate surface area is 195 Å². The fraction of sp³-hybridized carbons (Fsp3) is 0.286. The van der Waals surface area contributed by atoms with Crippen LogP contribution in [-0.2, 0) is 12.8 Å². The molecule has 0 atom stereocenters. The first-order chi connectivity index (χ1) is 16.2. The maximum Gasteiger partial charge on any atom is 0.292 e. The Morgan fingerprint density at radius 2 is 1.36 bits per heavy atom. The molecule has 0 unspecified atom stereocenters. The summed E-state index contributed by atoms with van der Waals surface area (Å²) in [6, 6.07) is 24.7. The van der Waals surface area contributed by atoms with Gasteiger partial charge in [-0.2, -0.15) is 0 Å². The van der Waals surface area contributed by atoms with Crippen LogP contribution >= 0.6 is 0 Å². The van der Waals surface area contributed by atoms with Crippen molar-refractivity contribution in [3.8, 4) is 0 Å². The summed E-state index contributed by atoms with van der Waals surface area (Å²) in [5.74, 6) is 0. The van der Waals surface area contributed by atoms with Crippen molar-refractivity contribution >= 4 is 16.9 Å². The lowest BCUT2D eigenvalue weighted by Crippen LogP contribution is -2.46. The van der Waals surface area contributed by atoms with Gasteiger partial charge in [-0.1, -0.05) is 66.7 Å². The third kappa shape index (κ3) is 4.55. The minimum Gasteiger partial charge on any atom is -0.363 e. The van der Waals surface area contributed by atoms with Crippen LogP contribution in [0.2, 0.25) is 0 Å². The normalized spacial score (nSPS) is 16.0. The van der Waals surface area contributed by atoms with Crippen LogP contribution in [0.25, 0.3) is 5.57 Å². The Kier molecular flexibility index (Phi) is 6.22. The minimum absolute atomic E-state index is 0.196. The first-order valence-corrected chi connectivity index (χ1v) is 11.8. The molecule has 0 radical (unpaired) electrons. The molecular formula is C28H29N3O2. The number of piperazine rings is 1. The molecule has 0 bridgehead atoms. The summed E-state index contributed by atoms with van der Waals surface area (Å²) >= 11 is 0. The summed E-state index contributed by atoms with van der Waals surface area (Å²) in [6.45, 7) is 4.46. The van der Waals surface area contributed by atoms with Crippen molar-refractivity contribution in [2.75, 3.05) is 37.6 Å². The predicted molar refractivity (Wildman–Crippen MR) is 134 cm³/mol. The van der Waals surface area contributed by atoms with Gasteiger partial charge < -0.3 is 4.90 Å². The van der Waals surface area contributed by atoms with Gasteiger partial charge in [-0.3, -0.25) is 15.0 Å². The molecule has 0 saturated carbocycles. The molecule has 5 nitrogen and oxygen atoms in total. The highest BCUT2D eigenvalue weighted by atomic mass is 16.6. The number of rotatable bonds is 5. The van der Waals surface area contributed by atoms with Crippen molar-refractivity contribution in [3.63, 3.8) is 0 Å². The van der Waals surface area contributed by atoms with Gasteiger partial charge in [0.1, 0.15) is 5.69 Å². The highest BCUT2D eigenvalue weighted by molar-refractivity contribution is 5.83. The third-order valence-corrected chi connectivity index (χ3v) is 6.86. The molecule has 0 aromatic heterocycles. The zero-order chi connectivity index (χ0) is 22.6. The Bertz CT molecular complexity index is 1130. The number of nitrogens with zero attached hydrogens (tertiary/aromatic N) is 3. The first-order valence-electron chi connectivity index (χ1n) is 11.8. The van der Waals surface area contributed by atoms with Gasteiger partial charge in [0.25, 0.3) is 5.69 Å². The monoisotopic (exact) mass is 439 g/mol. The van der Waals surface area contributed by atoms with Crippen LogP contribution in [0.3, 0.4) is 0 Å². The molecule has 3 aromatic rings. The van der Waals surface area contributed by atoms with Crippen LogP contribution in [0.15, 0.2) is 78.9 Å². The number of anilines is 1. The number of benzene rings is 3. The van der Waals surface area contributed by atoms with Crippen molar-refractivity contribution in [3.05, 3.63) is 111 Å². The van der Waals surface area contributed by atoms with Crippen LogP contribution < -0.4 is 4.90 Å². The number of para-hydroxylation sites is 2. The van der Waals surface area contributed by atoms with Crippen LogP contribution in [-0.4, -0.2) is 42.5 Å². The first kappa shape index (κ1) is 21.4. The van der Waals surface area contributed by atoms with E-state index in [0.29, 0.717) is 0 Å². The lowest BCUT2D eigenvalue weighted by atomic mass is 9.93. The number of nitro groups is 1. The van der Waals surface area contributed by atoms with E-state index >= 15 is 0 Å². The fourth-order valence-corrected chi connectivity index (χ4v) is 5.13. The molecule has 1 aliphatic heterocycles. The minimum atomic E-state index is -0.281. The summed E-state index contributed by atoms with van der Waals surface area (Å²) in [7, 11) is 0. The summed E-state index contributed by atoms with van der Waals surface area (Å²) in [5.41, 5.74) is 7.87. The summed E-state index contributed by atoms with van der Waals surface area (Å²) < 4.78 is 0. The second-order valence-corrected chi connectivity index (χ2v) is 8.80. The molecule has 5 rings (SSSR count). The predicted octanol–water partition coefficient (Wildman–Crippen LogP) is 5.34. The van der Waals surface area contributed by atoms with Crippen LogP contribution in [0.5, 0.6) is 0 Å². The third-order valence-electron chi connectivity index (χ3n) is 6.86. The van der Waals surface area contributed by atoms with Gasteiger partial charge in [0.2, 0.25) is 0 Å². The molecule has 33 heavy (non-hydrogen) atoms. The highest BCUT2D eigenvalue weighted by Crippen LogP contribution is 2.34. The van der Waals surface area contributed by atoms with Crippen LogP contribution in [0.4, 0.5) is 11.4 Å². The Hall–Kier alpha value is -3.44. The number of fused-ring (bicyclic) bond motifs is 2. The number of hydrogen-bond acceptors (Lipinski definition) is 4.